The normalized spacial score (nSPS) is 15.4. The first-order valence-electron chi connectivity index (χ1n) is 6.48. The summed E-state index contributed by atoms with van der Waals surface area (Å²) in [5.74, 6) is 0.453. The van der Waals surface area contributed by atoms with Gasteiger partial charge in [0.2, 0.25) is 5.95 Å². The van der Waals surface area contributed by atoms with Gasteiger partial charge in [0.25, 0.3) is 0 Å². The van der Waals surface area contributed by atoms with E-state index in [0.717, 1.165) is 43.4 Å². The molecule has 0 bridgehead atoms. The maximum atomic E-state index is 13.3. The molecule has 0 spiro atoms. The van der Waals surface area contributed by atoms with Crippen molar-refractivity contribution in [3.05, 3.63) is 40.8 Å². The molecule has 6 heteroatoms. The fourth-order valence-corrected chi connectivity index (χ4v) is 2.56. The Morgan fingerprint density at radius 1 is 1.20 bits per heavy atom. The summed E-state index contributed by atoms with van der Waals surface area (Å²) in [5.41, 5.74) is 1.67. The minimum atomic E-state index is -0.273. The van der Waals surface area contributed by atoms with Crippen molar-refractivity contribution < 1.29 is 4.39 Å². The zero-order valence-electron chi connectivity index (χ0n) is 10.8. The average Bonchev–Trinajstić information content (AvgIpc) is 2.51. The topological polar surface area (TPSA) is 41.1 Å². The van der Waals surface area contributed by atoms with E-state index in [-0.39, 0.29) is 5.82 Å². The molecule has 1 aromatic heterocycles. The van der Waals surface area contributed by atoms with Gasteiger partial charge in [-0.3, -0.25) is 0 Å². The summed E-state index contributed by atoms with van der Waals surface area (Å²) < 4.78 is 13.7. The van der Waals surface area contributed by atoms with Crippen molar-refractivity contribution in [1.82, 2.24) is 15.3 Å². The summed E-state index contributed by atoms with van der Waals surface area (Å²) in [6.45, 7) is 3.68. The predicted octanol–water partition coefficient (Wildman–Crippen LogP) is 2.45. The highest BCUT2D eigenvalue weighted by Crippen LogP contribution is 2.24. The molecule has 0 radical (unpaired) electrons. The molecule has 1 fully saturated rings. The molecular formula is C14H14BrFN4. The Morgan fingerprint density at radius 3 is 2.75 bits per heavy atom. The summed E-state index contributed by atoms with van der Waals surface area (Å²) in [6.07, 6.45) is 1.75. The van der Waals surface area contributed by atoms with Gasteiger partial charge in [-0.25, -0.2) is 14.4 Å². The molecule has 0 saturated carbocycles. The predicted molar refractivity (Wildman–Crippen MR) is 80.2 cm³/mol. The van der Waals surface area contributed by atoms with Crippen molar-refractivity contribution >= 4 is 21.9 Å². The minimum absolute atomic E-state index is 0.273. The van der Waals surface area contributed by atoms with Crippen molar-refractivity contribution in [1.29, 1.82) is 0 Å². The summed E-state index contributed by atoms with van der Waals surface area (Å²) in [4.78, 5) is 11.1. The molecule has 0 amide bonds. The second-order valence-electron chi connectivity index (χ2n) is 4.61. The number of benzene rings is 1. The van der Waals surface area contributed by atoms with Crippen LogP contribution in [0.1, 0.15) is 0 Å². The van der Waals surface area contributed by atoms with Crippen LogP contribution >= 0.6 is 15.9 Å². The number of rotatable bonds is 2. The number of nitrogens with one attached hydrogen (secondary N) is 1. The lowest BCUT2D eigenvalue weighted by molar-refractivity contribution is 0.580. The minimum Gasteiger partial charge on any atom is -0.338 e. The number of aromatic nitrogens is 2. The first-order valence-corrected chi connectivity index (χ1v) is 7.27. The van der Waals surface area contributed by atoms with Crippen LogP contribution in [0.15, 0.2) is 34.9 Å². The Labute approximate surface area is 125 Å². The Kier molecular flexibility index (Phi) is 3.93. The molecule has 4 nitrogen and oxygen atoms in total. The van der Waals surface area contributed by atoms with Crippen molar-refractivity contribution in [3.63, 3.8) is 0 Å². The quantitative estimate of drug-likeness (QED) is 0.914. The molecule has 1 N–H and O–H groups in total. The Morgan fingerprint density at radius 2 is 2.00 bits per heavy atom. The molecule has 0 atom stereocenters. The van der Waals surface area contributed by atoms with E-state index in [9.17, 15) is 4.39 Å². The number of piperazine rings is 1. The van der Waals surface area contributed by atoms with E-state index in [1.54, 1.807) is 18.3 Å². The first kappa shape index (κ1) is 13.5. The largest absolute Gasteiger partial charge is 0.338 e. The molecule has 0 aliphatic carbocycles. The van der Waals surface area contributed by atoms with E-state index in [2.05, 4.69) is 36.1 Å². The standard InChI is InChI=1S/C14H14BrFN4/c15-11-9-10(1-2-12(11)16)13-3-4-18-14(19-13)20-7-5-17-6-8-20/h1-4,9,17H,5-8H2. The van der Waals surface area contributed by atoms with Crippen LogP contribution in [-0.2, 0) is 0 Å². The fraction of sp³-hybridized carbons (Fsp3) is 0.286. The third-order valence-corrected chi connectivity index (χ3v) is 3.87. The second-order valence-corrected chi connectivity index (χ2v) is 5.46. The van der Waals surface area contributed by atoms with Gasteiger partial charge in [0.15, 0.2) is 0 Å². The molecule has 1 aliphatic rings. The van der Waals surface area contributed by atoms with Gasteiger partial charge in [-0.05, 0) is 40.2 Å². The van der Waals surface area contributed by atoms with Crippen LogP contribution in [0, 0.1) is 5.82 Å². The van der Waals surface area contributed by atoms with Gasteiger partial charge >= 0.3 is 0 Å². The van der Waals surface area contributed by atoms with Gasteiger partial charge in [-0.1, -0.05) is 0 Å². The zero-order valence-corrected chi connectivity index (χ0v) is 12.4. The Hall–Kier alpha value is -1.53. The molecule has 2 heterocycles. The van der Waals surface area contributed by atoms with Gasteiger partial charge in [0.1, 0.15) is 5.82 Å². The highest BCUT2D eigenvalue weighted by atomic mass is 79.9. The summed E-state index contributed by atoms with van der Waals surface area (Å²) in [5, 5.41) is 3.30. The van der Waals surface area contributed by atoms with E-state index in [4.69, 9.17) is 0 Å². The SMILES string of the molecule is Fc1ccc(-c2ccnc(N3CCNCC3)n2)cc1Br. The Bertz CT molecular complexity index is 614. The molecule has 1 saturated heterocycles. The highest BCUT2D eigenvalue weighted by Gasteiger charge is 2.14. The van der Waals surface area contributed by atoms with E-state index in [1.807, 2.05) is 6.07 Å². The zero-order chi connectivity index (χ0) is 13.9. The number of nitrogens with zero attached hydrogens (tertiary/aromatic N) is 3. The van der Waals surface area contributed by atoms with Gasteiger partial charge in [-0.15, -0.1) is 0 Å². The number of anilines is 1. The molecule has 20 heavy (non-hydrogen) atoms. The number of hydrogen-bond acceptors (Lipinski definition) is 4. The fourth-order valence-electron chi connectivity index (χ4n) is 2.18. The van der Waals surface area contributed by atoms with Crippen molar-refractivity contribution in [2.45, 2.75) is 0 Å². The van der Waals surface area contributed by atoms with E-state index in [1.165, 1.54) is 6.07 Å². The van der Waals surface area contributed by atoms with Gasteiger partial charge in [0.05, 0.1) is 10.2 Å². The monoisotopic (exact) mass is 336 g/mol. The van der Waals surface area contributed by atoms with Crippen molar-refractivity contribution in [2.24, 2.45) is 0 Å². The Balaban J connectivity index is 1.91. The maximum Gasteiger partial charge on any atom is 0.225 e. The van der Waals surface area contributed by atoms with Crippen LogP contribution in [0.5, 0.6) is 0 Å². The van der Waals surface area contributed by atoms with Gasteiger partial charge in [0, 0.05) is 37.9 Å². The summed E-state index contributed by atoms with van der Waals surface area (Å²) in [6, 6.07) is 6.74. The number of halogens is 2. The van der Waals surface area contributed by atoms with Crippen LogP contribution < -0.4 is 10.2 Å². The molecular weight excluding hydrogens is 323 g/mol. The molecule has 3 rings (SSSR count). The first-order chi connectivity index (χ1) is 9.74. The smallest absolute Gasteiger partial charge is 0.225 e. The summed E-state index contributed by atoms with van der Waals surface area (Å²) in [7, 11) is 0. The molecule has 1 aliphatic heterocycles. The van der Waals surface area contributed by atoms with E-state index < -0.39 is 0 Å². The van der Waals surface area contributed by atoms with Crippen LogP contribution in [0.3, 0.4) is 0 Å². The molecule has 0 unspecified atom stereocenters. The van der Waals surface area contributed by atoms with Crippen molar-refractivity contribution in [2.75, 3.05) is 31.1 Å². The molecule has 1 aromatic carbocycles. The second kappa shape index (κ2) is 5.85. The average molecular weight is 337 g/mol. The van der Waals surface area contributed by atoms with Crippen LogP contribution in [0.4, 0.5) is 10.3 Å². The summed E-state index contributed by atoms with van der Waals surface area (Å²) >= 11 is 3.20. The van der Waals surface area contributed by atoms with Crippen molar-refractivity contribution in [3.8, 4) is 11.3 Å². The third kappa shape index (κ3) is 2.81. The highest BCUT2D eigenvalue weighted by molar-refractivity contribution is 9.10. The maximum absolute atomic E-state index is 13.3. The lowest BCUT2D eigenvalue weighted by atomic mass is 10.1. The number of hydrogen-bond donors (Lipinski definition) is 1. The van der Waals surface area contributed by atoms with Crippen LogP contribution in [0.25, 0.3) is 11.3 Å². The third-order valence-electron chi connectivity index (χ3n) is 3.26. The van der Waals surface area contributed by atoms with E-state index in [0.29, 0.717) is 4.47 Å². The van der Waals surface area contributed by atoms with Crippen LogP contribution in [0.2, 0.25) is 0 Å². The van der Waals surface area contributed by atoms with Crippen LogP contribution in [-0.4, -0.2) is 36.1 Å². The molecule has 2 aromatic rings. The van der Waals surface area contributed by atoms with E-state index >= 15 is 0 Å². The lowest BCUT2D eigenvalue weighted by Crippen LogP contribution is -2.44. The lowest BCUT2D eigenvalue weighted by Gasteiger charge is -2.27. The van der Waals surface area contributed by atoms with Gasteiger partial charge in [-0.2, -0.15) is 0 Å². The molecule has 104 valence electrons. The van der Waals surface area contributed by atoms with Gasteiger partial charge < -0.3 is 10.2 Å².